The third-order valence-electron chi connectivity index (χ3n) is 3.96. The Labute approximate surface area is 151 Å². The highest BCUT2D eigenvalue weighted by molar-refractivity contribution is 5.96. The Balaban J connectivity index is 1.76. The van der Waals surface area contributed by atoms with E-state index in [1.807, 2.05) is 31.2 Å². The molecular weight excluding hydrogens is 332 g/mol. The summed E-state index contributed by atoms with van der Waals surface area (Å²) in [6.45, 7) is 2.54. The van der Waals surface area contributed by atoms with Crippen molar-refractivity contribution in [3.8, 4) is 11.5 Å². The summed E-state index contributed by atoms with van der Waals surface area (Å²) in [5, 5.41) is 11.5. The lowest BCUT2D eigenvalue weighted by Crippen LogP contribution is -2.08. The molecule has 1 N–H and O–H groups in total. The Morgan fingerprint density at radius 3 is 2.31 bits per heavy atom. The third-order valence-corrected chi connectivity index (χ3v) is 3.96. The van der Waals surface area contributed by atoms with Crippen molar-refractivity contribution in [3.63, 3.8) is 0 Å². The molecule has 1 unspecified atom stereocenters. The van der Waals surface area contributed by atoms with Crippen molar-refractivity contribution in [1.82, 2.24) is 0 Å². The van der Waals surface area contributed by atoms with Gasteiger partial charge in [-0.3, -0.25) is 0 Å². The first-order valence-electron chi connectivity index (χ1n) is 8.30. The fourth-order valence-corrected chi connectivity index (χ4v) is 2.61. The molecule has 0 radical (unpaired) electrons. The zero-order chi connectivity index (χ0) is 18.5. The summed E-state index contributed by atoms with van der Waals surface area (Å²) in [6, 6.07) is 17.6. The highest BCUT2D eigenvalue weighted by Crippen LogP contribution is 2.23. The van der Waals surface area contributed by atoms with Crippen LogP contribution in [0.5, 0.6) is 11.5 Å². The molecule has 0 saturated heterocycles. The van der Waals surface area contributed by atoms with Gasteiger partial charge in [-0.25, -0.2) is 4.79 Å². The van der Waals surface area contributed by atoms with Gasteiger partial charge in [0.05, 0.1) is 12.2 Å². The van der Waals surface area contributed by atoms with Gasteiger partial charge in [-0.2, -0.15) is 0 Å². The second kappa shape index (κ2) is 7.99. The number of methoxy groups -OCH3 is 1. The Kier molecular flexibility index (Phi) is 5.51. The largest absolute Gasteiger partial charge is 0.494 e. The van der Waals surface area contributed by atoms with E-state index in [-0.39, 0.29) is 0 Å². The lowest BCUT2D eigenvalue weighted by molar-refractivity contribution is -0.0769. The number of aliphatic hydroxyl groups is 1. The molecule has 1 atom stereocenters. The van der Waals surface area contributed by atoms with E-state index in [2.05, 4.69) is 0 Å². The number of hydrogen-bond acceptors (Lipinski definition) is 5. The van der Waals surface area contributed by atoms with Crippen molar-refractivity contribution in [1.29, 1.82) is 0 Å². The summed E-state index contributed by atoms with van der Waals surface area (Å²) in [7, 11) is 1.41. The first kappa shape index (κ1) is 17.9. The van der Waals surface area contributed by atoms with Crippen LogP contribution < -0.4 is 9.47 Å². The number of aliphatic hydroxyl groups excluding tert-OH is 1. The summed E-state index contributed by atoms with van der Waals surface area (Å²) in [4.78, 5) is 12.4. The molecule has 3 aromatic rings. The Hall–Kier alpha value is -2.89. The number of benzene rings is 3. The number of fused-ring (bicyclic) bond motifs is 1. The monoisotopic (exact) mass is 352 g/mol. The van der Waals surface area contributed by atoms with Gasteiger partial charge in [0.25, 0.3) is 0 Å². The maximum Gasteiger partial charge on any atom is 0.343 e. The average Bonchev–Trinajstić information content (AvgIpc) is 2.67. The normalized spacial score (nSPS) is 12.0. The SMILES string of the molecule is CCOc1ccc2cc(C(=O)Oc3ccc(C(O)OC)cc3)ccc2c1. The number of carbonyl (C=O) groups excluding carboxylic acids is 1. The topological polar surface area (TPSA) is 65.0 Å². The van der Waals surface area contributed by atoms with E-state index in [0.29, 0.717) is 23.5 Å². The Morgan fingerprint density at radius 2 is 1.62 bits per heavy atom. The van der Waals surface area contributed by atoms with Crippen molar-refractivity contribution < 1.29 is 24.1 Å². The zero-order valence-corrected chi connectivity index (χ0v) is 14.6. The van der Waals surface area contributed by atoms with Crippen LogP contribution in [0.4, 0.5) is 0 Å². The van der Waals surface area contributed by atoms with Crippen molar-refractivity contribution in [2.75, 3.05) is 13.7 Å². The standard InChI is InChI=1S/C21H20O5/c1-3-25-19-11-8-15-12-17(5-4-16(15)13-19)21(23)26-18-9-6-14(7-10-18)20(22)24-2/h4-13,20,22H,3H2,1-2H3. The molecule has 0 aliphatic heterocycles. The van der Waals surface area contributed by atoms with Gasteiger partial charge in [0.15, 0.2) is 6.29 Å². The van der Waals surface area contributed by atoms with Gasteiger partial charge >= 0.3 is 5.97 Å². The highest BCUT2D eigenvalue weighted by Gasteiger charge is 2.11. The number of rotatable bonds is 6. The van der Waals surface area contributed by atoms with Gasteiger partial charge in [-0.1, -0.05) is 24.3 Å². The summed E-state index contributed by atoms with van der Waals surface area (Å²) in [6.07, 6.45) is -0.998. The molecule has 0 bridgehead atoms. The van der Waals surface area contributed by atoms with Gasteiger partial charge in [0.2, 0.25) is 0 Å². The Morgan fingerprint density at radius 1 is 0.962 bits per heavy atom. The molecule has 0 amide bonds. The number of ether oxygens (including phenoxy) is 3. The Bertz CT molecular complexity index is 902. The molecule has 0 spiro atoms. The van der Waals surface area contributed by atoms with Crippen LogP contribution >= 0.6 is 0 Å². The van der Waals surface area contributed by atoms with Crippen molar-refractivity contribution in [2.24, 2.45) is 0 Å². The number of hydrogen-bond donors (Lipinski definition) is 1. The van der Waals surface area contributed by atoms with Crippen molar-refractivity contribution in [3.05, 3.63) is 71.8 Å². The third kappa shape index (κ3) is 4.02. The van der Waals surface area contributed by atoms with E-state index in [1.54, 1.807) is 36.4 Å². The quantitative estimate of drug-likeness (QED) is 0.411. The summed E-state index contributed by atoms with van der Waals surface area (Å²) in [5.74, 6) is 0.753. The van der Waals surface area contributed by atoms with Gasteiger partial charge in [-0.15, -0.1) is 0 Å². The van der Waals surface area contributed by atoms with Crippen molar-refractivity contribution in [2.45, 2.75) is 13.2 Å². The first-order chi connectivity index (χ1) is 12.6. The number of carbonyl (C=O) groups is 1. The zero-order valence-electron chi connectivity index (χ0n) is 14.6. The minimum Gasteiger partial charge on any atom is -0.494 e. The molecule has 0 aliphatic rings. The summed E-state index contributed by atoms with van der Waals surface area (Å²) < 4.78 is 15.7. The van der Waals surface area contributed by atoms with E-state index >= 15 is 0 Å². The molecule has 5 nitrogen and oxygen atoms in total. The van der Waals surface area contributed by atoms with Crippen LogP contribution in [0.25, 0.3) is 10.8 Å². The second-order valence-electron chi connectivity index (χ2n) is 5.70. The van der Waals surface area contributed by atoms with Gasteiger partial charge in [0, 0.05) is 12.7 Å². The molecule has 0 aliphatic carbocycles. The van der Waals surface area contributed by atoms with E-state index in [9.17, 15) is 9.90 Å². The molecule has 5 heteroatoms. The molecule has 3 aromatic carbocycles. The molecule has 3 rings (SSSR count). The molecule has 0 fully saturated rings. The predicted octanol–water partition coefficient (Wildman–Crippen LogP) is 4.10. The van der Waals surface area contributed by atoms with Crippen LogP contribution in [0.15, 0.2) is 60.7 Å². The lowest BCUT2D eigenvalue weighted by Gasteiger charge is -2.10. The minimum absolute atomic E-state index is 0.397. The highest BCUT2D eigenvalue weighted by atomic mass is 16.6. The molecule has 0 aromatic heterocycles. The summed E-state index contributed by atoms with van der Waals surface area (Å²) in [5.41, 5.74) is 1.05. The van der Waals surface area contributed by atoms with E-state index in [0.717, 1.165) is 16.5 Å². The predicted molar refractivity (Wildman–Crippen MR) is 98.5 cm³/mol. The van der Waals surface area contributed by atoms with E-state index < -0.39 is 12.3 Å². The molecule has 0 heterocycles. The van der Waals surface area contributed by atoms with Crippen molar-refractivity contribution >= 4 is 16.7 Å². The van der Waals surface area contributed by atoms with Gasteiger partial charge in [-0.05, 0) is 54.1 Å². The average molecular weight is 352 g/mol. The van der Waals surface area contributed by atoms with Crippen LogP contribution in [-0.2, 0) is 4.74 Å². The summed E-state index contributed by atoms with van der Waals surface area (Å²) >= 11 is 0. The molecule has 0 saturated carbocycles. The maximum absolute atomic E-state index is 12.4. The molecular formula is C21H20O5. The van der Waals surface area contributed by atoms with E-state index in [1.165, 1.54) is 7.11 Å². The van der Waals surface area contributed by atoms with E-state index in [4.69, 9.17) is 14.2 Å². The smallest absolute Gasteiger partial charge is 0.343 e. The van der Waals surface area contributed by atoms with Crippen LogP contribution in [-0.4, -0.2) is 24.8 Å². The van der Waals surface area contributed by atoms with Gasteiger partial charge < -0.3 is 19.3 Å². The van der Waals surface area contributed by atoms with Crippen LogP contribution in [0.2, 0.25) is 0 Å². The minimum atomic E-state index is -0.998. The first-order valence-corrected chi connectivity index (χ1v) is 8.30. The molecule has 134 valence electrons. The van der Waals surface area contributed by atoms with Crippen LogP contribution in [0, 0.1) is 0 Å². The fraction of sp³-hybridized carbons (Fsp3) is 0.190. The van der Waals surface area contributed by atoms with Crippen LogP contribution in [0.1, 0.15) is 29.1 Å². The van der Waals surface area contributed by atoms with Gasteiger partial charge in [0.1, 0.15) is 11.5 Å². The number of esters is 1. The second-order valence-corrected chi connectivity index (χ2v) is 5.70. The van der Waals surface area contributed by atoms with Crippen LogP contribution in [0.3, 0.4) is 0 Å². The molecule has 26 heavy (non-hydrogen) atoms. The lowest BCUT2D eigenvalue weighted by atomic mass is 10.1. The fourth-order valence-electron chi connectivity index (χ4n) is 2.61. The maximum atomic E-state index is 12.4.